The molecule has 3 rings (SSSR count). The van der Waals surface area contributed by atoms with E-state index >= 15 is 0 Å². The number of rotatable bonds is 5. The summed E-state index contributed by atoms with van der Waals surface area (Å²) in [5.74, 6) is -0.363. The Morgan fingerprint density at radius 3 is 2.73 bits per heavy atom. The van der Waals surface area contributed by atoms with Crippen LogP contribution < -0.4 is 10.1 Å². The zero-order chi connectivity index (χ0) is 19.1. The predicted octanol–water partition coefficient (Wildman–Crippen LogP) is 1.26. The number of benzene rings is 1. The lowest BCUT2D eigenvalue weighted by Crippen LogP contribution is -2.41. The van der Waals surface area contributed by atoms with Crippen LogP contribution in [0.25, 0.3) is 0 Å². The topological polar surface area (TPSA) is 110 Å². The van der Waals surface area contributed by atoms with Gasteiger partial charge < -0.3 is 10.1 Å². The van der Waals surface area contributed by atoms with Gasteiger partial charge in [0.05, 0.1) is 22.2 Å². The van der Waals surface area contributed by atoms with Crippen molar-refractivity contribution in [2.24, 2.45) is 0 Å². The molecular formula is C15H19ClN2O6S2. The fraction of sp³-hybridized carbons (Fsp3) is 0.533. The van der Waals surface area contributed by atoms with Gasteiger partial charge in [-0.2, -0.15) is 4.31 Å². The molecule has 0 radical (unpaired) electrons. The Balaban J connectivity index is 2.01. The van der Waals surface area contributed by atoms with Crippen molar-refractivity contribution in [3.05, 3.63) is 17.2 Å². The number of anilines is 1. The van der Waals surface area contributed by atoms with E-state index in [9.17, 15) is 21.6 Å². The number of halogens is 1. The number of fused-ring (bicyclic) bond motifs is 1. The fourth-order valence-electron chi connectivity index (χ4n) is 3.13. The van der Waals surface area contributed by atoms with Crippen LogP contribution in [0.4, 0.5) is 5.69 Å². The van der Waals surface area contributed by atoms with Crippen LogP contribution in [-0.2, 0) is 24.7 Å². The maximum absolute atomic E-state index is 13.2. The van der Waals surface area contributed by atoms with Gasteiger partial charge in [0.1, 0.15) is 10.6 Å². The second kappa shape index (κ2) is 6.99. The van der Waals surface area contributed by atoms with E-state index < -0.39 is 25.9 Å². The molecule has 0 spiro atoms. The van der Waals surface area contributed by atoms with Crippen molar-refractivity contribution in [2.45, 2.75) is 30.7 Å². The molecule has 2 heterocycles. The molecule has 1 fully saturated rings. The monoisotopic (exact) mass is 422 g/mol. The molecule has 1 aromatic carbocycles. The van der Waals surface area contributed by atoms with Crippen LogP contribution in [0.5, 0.6) is 5.75 Å². The number of sulfonamides is 1. The minimum Gasteiger partial charge on any atom is -0.482 e. The van der Waals surface area contributed by atoms with Crippen LogP contribution in [-0.4, -0.2) is 57.7 Å². The number of amides is 1. The van der Waals surface area contributed by atoms with Crippen LogP contribution in [0.3, 0.4) is 0 Å². The first-order valence-corrected chi connectivity index (χ1v) is 11.8. The second-order valence-electron chi connectivity index (χ2n) is 6.29. The molecule has 0 saturated carbocycles. The predicted molar refractivity (Wildman–Crippen MR) is 96.8 cm³/mol. The summed E-state index contributed by atoms with van der Waals surface area (Å²) in [4.78, 5) is 11.2. The summed E-state index contributed by atoms with van der Waals surface area (Å²) in [5.41, 5.74) is 0.302. The largest absolute Gasteiger partial charge is 0.482 e. The second-order valence-corrected chi connectivity index (χ2v) is 10.8. The number of hydrogen-bond donors (Lipinski definition) is 1. The Morgan fingerprint density at radius 1 is 1.38 bits per heavy atom. The van der Waals surface area contributed by atoms with Crippen molar-refractivity contribution in [3.8, 4) is 5.75 Å². The number of nitrogens with one attached hydrogen (secondary N) is 1. The molecule has 1 N–H and O–H groups in total. The van der Waals surface area contributed by atoms with Gasteiger partial charge in [-0.15, -0.1) is 0 Å². The summed E-state index contributed by atoms with van der Waals surface area (Å²) in [6.07, 6.45) is 0.793. The average molecular weight is 423 g/mol. The van der Waals surface area contributed by atoms with Crippen LogP contribution in [0.2, 0.25) is 5.02 Å². The molecule has 2 aliphatic rings. The highest BCUT2D eigenvalue weighted by atomic mass is 35.5. The van der Waals surface area contributed by atoms with Gasteiger partial charge in [-0.1, -0.05) is 18.5 Å². The number of hydrogen-bond acceptors (Lipinski definition) is 6. The van der Waals surface area contributed by atoms with E-state index in [1.54, 1.807) is 0 Å². The minimum atomic E-state index is -4.03. The Kier molecular flexibility index (Phi) is 5.22. The normalized spacial score (nSPS) is 22.0. The van der Waals surface area contributed by atoms with Gasteiger partial charge in [-0.3, -0.25) is 4.79 Å². The number of carbonyl (C=O) groups excluding carboxylic acids is 1. The molecule has 8 nitrogen and oxygen atoms in total. The minimum absolute atomic E-state index is 0.0273. The van der Waals surface area contributed by atoms with E-state index in [4.69, 9.17) is 16.3 Å². The molecule has 1 unspecified atom stereocenters. The lowest BCUT2D eigenvalue weighted by Gasteiger charge is -2.28. The van der Waals surface area contributed by atoms with Crippen LogP contribution in [0, 0.1) is 0 Å². The standard InChI is InChI=1S/C15H19ClN2O6S2/c1-2-4-18(10-3-5-25(20,21)9-10)26(22,23)14-7-13-12(6-11(14)16)17-15(19)8-24-13/h6-7,10H,2-5,8-9H2,1H3,(H,17,19). The molecule has 1 aromatic rings. The Labute approximate surface area is 157 Å². The Hall–Kier alpha value is -1.36. The third kappa shape index (κ3) is 3.68. The number of nitrogens with zero attached hydrogens (tertiary/aromatic N) is 1. The van der Waals surface area contributed by atoms with Crippen LogP contribution in [0.1, 0.15) is 19.8 Å². The Bertz CT molecular complexity index is 945. The summed E-state index contributed by atoms with van der Waals surface area (Å²) in [6.45, 7) is 1.79. The number of ether oxygens (including phenoxy) is 1. The first kappa shape index (κ1) is 19.4. The average Bonchev–Trinajstić information content (AvgIpc) is 2.91. The highest BCUT2D eigenvalue weighted by molar-refractivity contribution is 7.92. The molecule has 26 heavy (non-hydrogen) atoms. The van der Waals surface area contributed by atoms with Gasteiger partial charge in [0.25, 0.3) is 5.91 Å². The molecule has 0 aromatic heterocycles. The van der Waals surface area contributed by atoms with Crippen LogP contribution >= 0.6 is 11.6 Å². The summed E-state index contributed by atoms with van der Waals surface area (Å²) in [7, 11) is -7.27. The van der Waals surface area contributed by atoms with Crippen molar-refractivity contribution in [3.63, 3.8) is 0 Å². The molecule has 11 heteroatoms. The zero-order valence-corrected chi connectivity index (χ0v) is 16.5. The van der Waals surface area contributed by atoms with Gasteiger partial charge in [-0.25, -0.2) is 16.8 Å². The fourth-order valence-corrected chi connectivity index (χ4v) is 7.22. The van der Waals surface area contributed by atoms with E-state index in [0.29, 0.717) is 12.1 Å². The van der Waals surface area contributed by atoms with Crippen molar-refractivity contribution in [1.82, 2.24) is 4.31 Å². The Morgan fingerprint density at radius 2 is 2.12 bits per heavy atom. The number of sulfone groups is 1. The van der Waals surface area contributed by atoms with Gasteiger partial charge in [0.2, 0.25) is 10.0 Å². The van der Waals surface area contributed by atoms with Crippen molar-refractivity contribution in [2.75, 3.05) is 30.0 Å². The lowest BCUT2D eigenvalue weighted by atomic mass is 10.2. The van der Waals surface area contributed by atoms with Crippen molar-refractivity contribution < 1.29 is 26.4 Å². The van der Waals surface area contributed by atoms with E-state index in [1.165, 1.54) is 16.4 Å². The molecule has 1 saturated heterocycles. The first-order chi connectivity index (χ1) is 12.1. The van der Waals surface area contributed by atoms with Crippen molar-refractivity contribution >= 4 is 43.1 Å². The summed E-state index contributed by atoms with van der Waals surface area (Å²) >= 11 is 6.17. The highest BCUT2D eigenvalue weighted by Gasteiger charge is 2.39. The maximum atomic E-state index is 13.2. The maximum Gasteiger partial charge on any atom is 0.262 e. The van der Waals surface area contributed by atoms with Gasteiger partial charge in [0.15, 0.2) is 16.4 Å². The molecule has 1 amide bonds. The summed E-state index contributed by atoms with van der Waals surface area (Å²) < 4.78 is 56.5. The SMILES string of the molecule is CCCN(C1CCS(=O)(=O)C1)S(=O)(=O)c1cc2c(cc1Cl)NC(=O)CO2. The summed E-state index contributed by atoms with van der Waals surface area (Å²) in [6, 6.07) is 1.99. The lowest BCUT2D eigenvalue weighted by molar-refractivity contribution is -0.118. The van der Waals surface area contributed by atoms with E-state index in [2.05, 4.69) is 5.32 Å². The highest BCUT2D eigenvalue weighted by Crippen LogP contribution is 2.37. The van der Waals surface area contributed by atoms with Crippen molar-refractivity contribution in [1.29, 1.82) is 0 Å². The molecule has 1 atom stereocenters. The number of carbonyl (C=O) groups is 1. The van der Waals surface area contributed by atoms with E-state index in [1.807, 2.05) is 6.92 Å². The molecule has 0 aliphatic carbocycles. The van der Waals surface area contributed by atoms with Gasteiger partial charge in [0, 0.05) is 18.7 Å². The van der Waals surface area contributed by atoms with Crippen LogP contribution in [0.15, 0.2) is 17.0 Å². The third-order valence-corrected chi connectivity index (χ3v) is 8.48. The van der Waals surface area contributed by atoms with Gasteiger partial charge in [-0.05, 0) is 18.9 Å². The quantitative estimate of drug-likeness (QED) is 0.764. The molecule has 2 aliphatic heterocycles. The molecular weight excluding hydrogens is 404 g/mol. The summed E-state index contributed by atoms with van der Waals surface area (Å²) in [5, 5.41) is 2.50. The van der Waals surface area contributed by atoms with E-state index in [0.717, 1.165) is 0 Å². The third-order valence-electron chi connectivity index (χ3n) is 4.31. The molecule has 0 bridgehead atoms. The van der Waals surface area contributed by atoms with E-state index in [-0.39, 0.29) is 52.7 Å². The zero-order valence-electron chi connectivity index (χ0n) is 14.1. The first-order valence-electron chi connectivity index (χ1n) is 8.12. The van der Waals surface area contributed by atoms with Gasteiger partial charge >= 0.3 is 0 Å². The smallest absolute Gasteiger partial charge is 0.262 e. The molecule has 144 valence electrons.